The number of halogens is 1. The van der Waals surface area contributed by atoms with Gasteiger partial charge >= 0.3 is 0 Å². The molecule has 0 aliphatic carbocycles. The van der Waals surface area contributed by atoms with Gasteiger partial charge in [0.05, 0.1) is 4.47 Å². The Balaban J connectivity index is 2.71. The second-order valence-corrected chi connectivity index (χ2v) is 3.75. The van der Waals surface area contributed by atoms with Crippen molar-refractivity contribution in [3.8, 4) is 5.75 Å². The molecule has 1 amide bonds. The minimum Gasteiger partial charge on any atom is -0.506 e. The van der Waals surface area contributed by atoms with Gasteiger partial charge in [0.1, 0.15) is 11.4 Å². The number of carbonyl (C=O) groups excluding carboxylic acids is 1. The molecule has 0 aliphatic heterocycles. The first kappa shape index (κ1) is 9.91. The van der Waals surface area contributed by atoms with Crippen molar-refractivity contribution in [1.82, 2.24) is 10.3 Å². The predicted octanol–water partition coefficient (Wildman–Crippen LogP) is 1.65. The van der Waals surface area contributed by atoms with Crippen molar-refractivity contribution in [2.24, 2.45) is 0 Å². The van der Waals surface area contributed by atoms with E-state index in [1.807, 2.05) is 0 Å². The SMILES string of the molecule is CC(=O)Nc1c(O)cc(Br)c2nonc12. The number of carbonyl (C=O) groups is 1. The molecule has 78 valence electrons. The van der Waals surface area contributed by atoms with Crippen molar-refractivity contribution in [2.75, 3.05) is 5.32 Å². The quantitative estimate of drug-likeness (QED) is 0.770. The molecule has 0 saturated carbocycles. The molecule has 0 atom stereocenters. The number of benzene rings is 1. The molecule has 2 N–H and O–H groups in total. The smallest absolute Gasteiger partial charge is 0.221 e. The van der Waals surface area contributed by atoms with Gasteiger partial charge in [-0.1, -0.05) is 0 Å². The summed E-state index contributed by atoms with van der Waals surface area (Å²) in [7, 11) is 0. The van der Waals surface area contributed by atoms with Gasteiger partial charge in [-0.05, 0) is 32.3 Å². The van der Waals surface area contributed by atoms with Gasteiger partial charge in [0.25, 0.3) is 0 Å². The Labute approximate surface area is 92.4 Å². The first-order chi connectivity index (χ1) is 7.09. The topological polar surface area (TPSA) is 88.2 Å². The van der Waals surface area contributed by atoms with Crippen LogP contribution in [-0.2, 0) is 4.79 Å². The number of anilines is 1. The van der Waals surface area contributed by atoms with E-state index in [1.54, 1.807) is 0 Å². The van der Waals surface area contributed by atoms with E-state index in [1.165, 1.54) is 13.0 Å². The number of nitrogens with one attached hydrogen (secondary N) is 1. The molecule has 7 heteroatoms. The molecule has 0 unspecified atom stereocenters. The fourth-order valence-corrected chi connectivity index (χ4v) is 1.67. The van der Waals surface area contributed by atoms with Crippen LogP contribution in [0.25, 0.3) is 11.0 Å². The standard InChI is InChI=1S/C8H6BrN3O3/c1-3(13)10-7-5(14)2-4(9)6-8(7)12-15-11-6/h2,14H,1H3,(H,10,13). The van der Waals surface area contributed by atoms with E-state index in [0.29, 0.717) is 15.5 Å². The Bertz CT molecular complexity index is 537. The van der Waals surface area contributed by atoms with Crippen LogP contribution in [0.1, 0.15) is 6.92 Å². The Morgan fingerprint density at radius 2 is 2.20 bits per heavy atom. The van der Waals surface area contributed by atoms with E-state index in [-0.39, 0.29) is 17.3 Å². The van der Waals surface area contributed by atoms with Gasteiger partial charge in [-0.15, -0.1) is 0 Å². The van der Waals surface area contributed by atoms with E-state index in [9.17, 15) is 9.90 Å². The van der Waals surface area contributed by atoms with Crippen LogP contribution < -0.4 is 5.32 Å². The van der Waals surface area contributed by atoms with E-state index < -0.39 is 0 Å². The van der Waals surface area contributed by atoms with Crippen LogP contribution in [0.5, 0.6) is 5.75 Å². The van der Waals surface area contributed by atoms with Crippen LogP contribution in [-0.4, -0.2) is 21.3 Å². The number of hydrogen-bond acceptors (Lipinski definition) is 5. The largest absolute Gasteiger partial charge is 0.506 e. The maximum absolute atomic E-state index is 10.9. The van der Waals surface area contributed by atoms with Gasteiger partial charge in [0.15, 0.2) is 11.0 Å². The van der Waals surface area contributed by atoms with Crippen molar-refractivity contribution in [2.45, 2.75) is 6.92 Å². The van der Waals surface area contributed by atoms with Crippen LogP contribution in [0, 0.1) is 0 Å². The summed E-state index contributed by atoms with van der Waals surface area (Å²) in [5, 5.41) is 19.3. The van der Waals surface area contributed by atoms with Gasteiger partial charge in [0.2, 0.25) is 5.91 Å². The van der Waals surface area contributed by atoms with Crippen LogP contribution in [0.4, 0.5) is 5.69 Å². The third kappa shape index (κ3) is 1.65. The average molecular weight is 272 g/mol. The lowest BCUT2D eigenvalue weighted by molar-refractivity contribution is -0.114. The van der Waals surface area contributed by atoms with Crippen LogP contribution in [0.3, 0.4) is 0 Å². The third-order valence-electron chi connectivity index (χ3n) is 1.77. The number of fused-ring (bicyclic) bond motifs is 1. The zero-order valence-corrected chi connectivity index (χ0v) is 9.20. The first-order valence-corrected chi connectivity index (χ1v) is 4.80. The summed E-state index contributed by atoms with van der Waals surface area (Å²) in [4.78, 5) is 10.9. The fraction of sp³-hybridized carbons (Fsp3) is 0.125. The molecule has 2 aromatic rings. The van der Waals surface area contributed by atoms with Crippen molar-refractivity contribution < 1.29 is 14.5 Å². The number of hydrogen-bond donors (Lipinski definition) is 2. The average Bonchev–Trinajstić information content (AvgIpc) is 2.60. The highest BCUT2D eigenvalue weighted by Crippen LogP contribution is 2.35. The Kier molecular flexibility index (Phi) is 2.31. The van der Waals surface area contributed by atoms with E-state index in [4.69, 9.17) is 0 Å². The Hall–Kier alpha value is -1.63. The summed E-state index contributed by atoms with van der Waals surface area (Å²) < 4.78 is 5.08. The molecule has 0 saturated heterocycles. The van der Waals surface area contributed by atoms with Crippen LogP contribution in [0.15, 0.2) is 15.2 Å². The Morgan fingerprint density at radius 1 is 1.53 bits per heavy atom. The molecule has 15 heavy (non-hydrogen) atoms. The maximum atomic E-state index is 10.9. The van der Waals surface area contributed by atoms with Gasteiger partial charge in [-0.25, -0.2) is 4.63 Å². The third-order valence-corrected chi connectivity index (χ3v) is 2.38. The van der Waals surface area contributed by atoms with Crippen LogP contribution in [0.2, 0.25) is 0 Å². The lowest BCUT2D eigenvalue weighted by Gasteiger charge is -2.05. The van der Waals surface area contributed by atoms with E-state index in [2.05, 4.69) is 36.2 Å². The van der Waals surface area contributed by atoms with Crippen molar-refractivity contribution in [1.29, 1.82) is 0 Å². The number of nitrogens with zero attached hydrogens (tertiary/aromatic N) is 2. The maximum Gasteiger partial charge on any atom is 0.221 e. The lowest BCUT2D eigenvalue weighted by atomic mass is 10.2. The summed E-state index contributed by atoms with van der Waals surface area (Å²) in [5.41, 5.74) is 0.940. The van der Waals surface area contributed by atoms with Crippen molar-refractivity contribution >= 4 is 38.6 Å². The molecule has 1 aromatic heterocycles. The second kappa shape index (κ2) is 3.50. The zero-order chi connectivity index (χ0) is 11.0. The molecule has 0 aliphatic rings. The molecule has 0 fully saturated rings. The number of aromatic nitrogens is 2. The summed E-state index contributed by atoms with van der Waals surface area (Å²) in [6, 6.07) is 1.41. The molecule has 1 aromatic carbocycles. The molecule has 0 radical (unpaired) electrons. The van der Waals surface area contributed by atoms with Gasteiger partial charge < -0.3 is 10.4 Å². The molecular formula is C8H6BrN3O3. The molecule has 0 bridgehead atoms. The normalized spacial score (nSPS) is 10.5. The summed E-state index contributed by atoms with van der Waals surface area (Å²) in [5.74, 6) is -0.405. The predicted molar refractivity (Wildman–Crippen MR) is 55.5 cm³/mol. The van der Waals surface area contributed by atoms with Crippen molar-refractivity contribution in [3.05, 3.63) is 10.5 Å². The summed E-state index contributed by atoms with van der Waals surface area (Å²) >= 11 is 3.19. The Morgan fingerprint density at radius 3 is 2.87 bits per heavy atom. The minimum atomic E-state index is -0.308. The highest BCUT2D eigenvalue weighted by molar-refractivity contribution is 9.10. The molecule has 1 heterocycles. The number of aromatic hydroxyl groups is 1. The summed E-state index contributed by atoms with van der Waals surface area (Å²) in [6.45, 7) is 1.33. The molecular weight excluding hydrogens is 266 g/mol. The zero-order valence-electron chi connectivity index (χ0n) is 7.61. The highest BCUT2D eigenvalue weighted by Gasteiger charge is 2.16. The minimum absolute atomic E-state index is 0.0970. The second-order valence-electron chi connectivity index (χ2n) is 2.90. The monoisotopic (exact) mass is 271 g/mol. The van der Waals surface area contributed by atoms with E-state index in [0.717, 1.165) is 0 Å². The molecule has 6 nitrogen and oxygen atoms in total. The van der Waals surface area contributed by atoms with E-state index >= 15 is 0 Å². The number of phenolic OH excluding ortho intramolecular Hbond substituents is 1. The summed E-state index contributed by atoms with van der Waals surface area (Å²) in [6.07, 6.45) is 0. The van der Waals surface area contributed by atoms with Gasteiger partial charge in [0, 0.05) is 6.92 Å². The van der Waals surface area contributed by atoms with Gasteiger partial charge in [-0.2, -0.15) is 0 Å². The van der Waals surface area contributed by atoms with Crippen LogP contribution >= 0.6 is 15.9 Å². The first-order valence-electron chi connectivity index (χ1n) is 4.01. The molecule has 2 rings (SSSR count). The van der Waals surface area contributed by atoms with Crippen molar-refractivity contribution in [3.63, 3.8) is 0 Å². The molecule has 0 spiro atoms. The fourth-order valence-electron chi connectivity index (χ4n) is 1.19. The number of phenols is 1. The number of amides is 1. The lowest BCUT2D eigenvalue weighted by Crippen LogP contribution is -2.06. The number of rotatable bonds is 1. The van der Waals surface area contributed by atoms with Gasteiger partial charge in [-0.3, -0.25) is 4.79 Å². The highest BCUT2D eigenvalue weighted by atomic mass is 79.9.